The van der Waals surface area contributed by atoms with E-state index in [2.05, 4.69) is 20.7 Å². The number of aryl methyl sites for hydroxylation is 1. The van der Waals surface area contributed by atoms with Gasteiger partial charge in [-0.05, 0) is 55.3 Å². The van der Waals surface area contributed by atoms with Crippen LogP contribution in [0.5, 0.6) is 0 Å². The minimum Gasteiger partial charge on any atom is -0.396 e. The van der Waals surface area contributed by atoms with Crippen LogP contribution in [0.3, 0.4) is 0 Å². The molecule has 1 aromatic heterocycles. The maximum atomic E-state index is 14.1. The quantitative estimate of drug-likeness (QED) is 0.539. The molecule has 160 valence electrons. The lowest BCUT2D eigenvalue weighted by atomic mass is 9.95. The van der Waals surface area contributed by atoms with Crippen LogP contribution in [0.1, 0.15) is 30.8 Å². The third kappa shape index (κ3) is 4.45. The van der Waals surface area contributed by atoms with Gasteiger partial charge in [-0.15, -0.1) is 0 Å². The zero-order valence-corrected chi connectivity index (χ0v) is 17.5. The number of halogens is 2. The van der Waals surface area contributed by atoms with Gasteiger partial charge in [-0.25, -0.2) is 9.07 Å². The first-order chi connectivity index (χ1) is 15.0. The third-order valence-electron chi connectivity index (χ3n) is 4.97. The van der Waals surface area contributed by atoms with Crippen LogP contribution < -0.4 is 10.6 Å². The van der Waals surface area contributed by atoms with E-state index in [0.29, 0.717) is 52.2 Å². The monoisotopic (exact) mass is 441 g/mol. The number of benzene rings is 2. The van der Waals surface area contributed by atoms with Gasteiger partial charge in [0.05, 0.1) is 5.57 Å². The van der Waals surface area contributed by atoms with Gasteiger partial charge in [-0.1, -0.05) is 23.7 Å². The molecule has 1 amide bonds. The van der Waals surface area contributed by atoms with Crippen molar-refractivity contribution in [2.75, 3.05) is 17.2 Å². The number of nitrogens with zero attached hydrogens (tertiary/aromatic N) is 3. The maximum Gasteiger partial charge on any atom is 0.255 e. The number of hydrogen-bond donors (Lipinski definition) is 3. The fourth-order valence-corrected chi connectivity index (χ4v) is 3.67. The molecule has 3 aromatic rings. The average molecular weight is 442 g/mol. The van der Waals surface area contributed by atoms with Crippen molar-refractivity contribution in [3.8, 4) is 0 Å². The van der Waals surface area contributed by atoms with E-state index in [1.807, 2.05) is 0 Å². The zero-order valence-electron chi connectivity index (χ0n) is 16.8. The van der Waals surface area contributed by atoms with E-state index in [1.165, 1.54) is 12.1 Å². The molecule has 0 saturated carbocycles. The number of carbonyl (C=O) groups excluding carboxylic acids is 1. The predicted molar refractivity (Wildman–Crippen MR) is 116 cm³/mol. The van der Waals surface area contributed by atoms with E-state index in [-0.39, 0.29) is 12.5 Å². The molecule has 4 rings (SSSR count). The minimum absolute atomic E-state index is 0.0245. The number of aliphatic hydroxyl groups is 1. The third-order valence-corrected chi connectivity index (χ3v) is 5.22. The van der Waals surface area contributed by atoms with Gasteiger partial charge in [0, 0.05) is 29.4 Å². The summed E-state index contributed by atoms with van der Waals surface area (Å²) in [5.74, 6) is 0.237. The molecule has 1 unspecified atom stereocenters. The number of carbonyl (C=O) groups is 1. The Labute approximate surface area is 183 Å². The Morgan fingerprint density at radius 3 is 2.77 bits per heavy atom. The number of fused-ring (bicyclic) bond motifs is 1. The van der Waals surface area contributed by atoms with Gasteiger partial charge in [0.15, 0.2) is 5.82 Å². The Morgan fingerprint density at radius 2 is 2.06 bits per heavy atom. The molecular weight excluding hydrogens is 421 g/mol. The van der Waals surface area contributed by atoms with Crippen LogP contribution in [0.4, 0.5) is 16.0 Å². The van der Waals surface area contributed by atoms with Crippen LogP contribution in [0, 0.1) is 5.82 Å². The fourth-order valence-electron chi connectivity index (χ4n) is 3.55. The molecular formula is C22H21ClFN5O2. The van der Waals surface area contributed by atoms with Crippen molar-refractivity contribution >= 4 is 29.1 Å². The lowest BCUT2D eigenvalue weighted by Crippen LogP contribution is -2.31. The molecule has 0 radical (unpaired) electrons. The summed E-state index contributed by atoms with van der Waals surface area (Å²) < 4.78 is 15.7. The van der Waals surface area contributed by atoms with Gasteiger partial charge >= 0.3 is 0 Å². The lowest BCUT2D eigenvalue weighted by Gasteiger charge is -2.28. The molecule has 9 heteroatoms. The first-order valence-corrected chi connectivity index (χ1v) is 10.2. The van der Waals surface area contributed by atoms with Crippen molar-refractivity contribution in [1.82, 2.24) is 14.8 Å². The van der Waals surface area contributed by atoms with E-state index in [9.17, 15) is 9.18 Å². The Kier molecular flexibility index (Phi) is 6.01. The Balaban J connectivity index is 1.75. The molecule has 2 aromatic carbocycles. The highest BCUT2D eigenvalue weighted by molar-refractivity contribution is 6.30. The predicted octanol–water partition coefficient (Wildman–Crippen LogP) is 3.92. The van der Waals surface area contributed by atoms with Crippen LogP contribution in [0.25, 0.3) is 0 Å². The first kappa shape index (κ1) is 21.0. The highest BCUT2D eigenvalue weighted by Crippen LogP contribution is 2.36. The Bertz CT molecular complexity index is 1140. The van der Waals surface area contributed by atoms with E-state index < -0.39 is 11.9 Å². The van der Waals surface area contributed by atoms with Crippen molar-refractivity contribution in [1.29, 1.82) is 0 Å². The van der Waals surface area contributed by atoms with Gasteiger partial charge in [-0.3, -0.25) is 4.79 Å². The maximum absolute atomic E-state index is 14.1. The molecule has 0 aliphatic carbocycles. The van der Waals surface area contributed by atoms with E-state index in [4.69, 9.17) is 16.7 Å². The number of hydrogen-bond acceptors (Lipinski definition) is 5. The second-order valence-corrected chi connectivity index (χ2v) is 7.64. The summed E-state index contributed by atoms with van der Waals surface area (Å²) in [6.45, 7) is 1.80. The molecule has 7 nitrogen and oxygen atoms in total. The summed E-state index contributed by atoms with van der Waals surface area (Å²) in [5.41, 5.74) is 2.14. The van der Waals surface area contributed by atoms with Crippen LogP contribution in [-0.2, 0) is 11.2 Å². The fraction of sp³-hybridized carbons (Fsp3) is 0.227. The lowest BCUT2D eigenvalue weighted by molar-refractivity contribution is -0.113. The summed E-state index contributed by atoms with van der Waals surface area (Å²) >= 11 is 5.93. The number of amides is 1. The molecule has 0 saturated heterocycles. The van der Waals surface area contributed by atoms with Gasteiger partial charge in [0.1, 0.15) is 11.9 Å². The van der Waals surface area contributed by atoms with Gasteiger partial charge < -0.3 is 15.7 Å². The Morgan fingerprint density at radius 1 is 1.29 bits per heavy atom. The summed E-state index contributed by atoms with van der Waals surface area (Å²) in [7, 11) is 0. The number of rotatable bonds is 6. The second-order valence-electron chi connectivity index (χ2n) is 7.21. The summed E-state index contributed by atoms with van der Waals surface area (Å²) in [4.78, 5) is 17.8. The van der Waals surface area contributed by atoms with Crippen LogP contribution in [0.15, 0.2) is 59.8 Å². The molecule has 0 fully saturated rings. The van der Waals surface area contributed by atoms with Gasteiger partial charge in [0.25, 0.3) is 5.91 Å². The first-order valence-electron chi connectivity index (χ1n) is 9.82. The number of aliphatic hydroxyl groups excluding tert-OH is 1. The van der Waals surface area contributed by atoms with E-state index in [0.717, 1.165) is 0 Å². The normalized spacial score (nSPS) is 15.4. The second kappa shape index (κ2) is 8.87. The summed E-state index contributed by atoms with van der Waals surface area (Å²) in [6.07, 6.45) is 1.00. The summed E-state index contributed by atoms with van der Waals surface area (Å²) in [6, 6.07) is 12.2. The van der Waals surface area contributed by atoms with Crippen molar-refractivity contribution in [3.05, 3.63) is 82.0 Å². The highest BCUT2D eigenvalue weighted by Gasteiger charge is 2.34. The zero-order chi connectivity index (χ0) is 22.0. The van der Waals surface area contributed by atoms with Crippen molar-refractivity contribution in [2.24, 2.45) is 0 Å². The molecule has 2 heterocycles. The molecule has 1 atom stereocenters. The highest BCUT2D eigenvalue weighted by atomic mass is 35.5. The number of allylic oxidation sites excluding steroid dienone is 1. The number of aromatic nitrogens is 3. The number of anilines is 2. The largest absolute Gasteiger partial charge is 0.396 e. The Hall–Kier alpha value is -3.23. The van der Waals surface area contributed by atoms with Crippen LogP contribution >= 0.6 is 11.6 Å². The van der Waals surface area contributed by atoms with Crippen LogP contribution in [-0.4, -0.2) is 32.4 Å². The molecule has 3 N–H and O–H groups in total. The van der Waals surface area contributed by atoms with E-state index in [1.54, 1.807) is 48.0 Å². The van der Waals surface area contributed by atoms with Crippen molar-refractivity contribution in [2.45, 2.75) is 25.8 Å². The van der Waals surface area contributed by atoms with Crippen molar-refractivity contribution in [3.63, 3.8) is 0 Å². The van der Waals surface area contributed by atoms with Crippen LogP contribution in [0.2, 0.25) is 5.02 Å². The van der Waals surface area contributed by atoms with E-state index >= 15 is 0 Å². The number of nitrogens with one attached hydrogen (secondary N) is 2. The van der Waals surface area contributed by atoms with Gasteiger partial charge in [-0.2, -0.15) is 10.1 Å². The van der Waals surface area contributed by atoms with Gasteiger partial charge in [0.2, 0.25) is 5.95 Å². The minimum atomic E-state index is -0.672. The summed E-state index contributed by atoms with van der Waals surface area (Å²) in [5, 5.41) is 20.2. The molecule has 31 heavy (non-hydrogen) atoms. The molecule has 1 aliphatic heterocycles. The SMILES string of the molecule is CC1=C(C(=O)Nc2ccc(Cl)cc2)C(c2cccc(F)c2)n2nc(CCCO)nc2N1. The molecule has 0 bridgehead atoms. The smallest absolute Gasteiger partial charge is 0.255 e. The van der Waals surface area contributed by atoms with Crippen molar-refractivity contribution < 1.29 is 14.3 Å². The standard InChI is InChI=1S/C22H21ClFN5O2/c1-13-19(21(31)26-17-9-7-15(23)8-10-17)20(14-4-2-5-16(24)12-14)29-22(25-13)27-18(28-29)6-3-11-30/h2,4-5,7-10,12,20,30H,3,6,11H2,1H3,(H,26,31)(H,25,27,28). The molecule has 1 aliphatic rings. The topological polar surface area (TPSA) is 92.1 Å². The average Bonchev–Trinajstić information content (AvgIpc) is 3.15. The molecule has 0 spiro atoms.